The molecule has 2 N–H and O–H groups in total. The Morgan fingerprint density at radius 1 is 1.04 bits per heavy atom. The van der Waals surface area contributed by atoms with Crippen LogP contribution in [0.4, 0.5) is 11.4 Å². The monoisotopic (exact) mass is 317 g/mol. The third kappa shape index (κ3) is 4.02. The highest BCUT2D eigenvalue weighted by Crippen LogP contribution is 2.40. The molecule has 126 valence electrons. The molecule has 1 aromatic carbocycles. The predicted octanol–water partition coefficient (Wildman–Crippen LogP) is 3.86. The fraction of sp³-hybridized carbons (Fsp3) is 0.667. The Morgan fingerprint density at radius 2 is 1.74 bits per heavy atom. The van der Waals surface area contributed by atoms with Crippen LogP contribution in [0.1, 0.15) is 51.4 Å². The van der Waals surface area contributed by atoms with Crippen molar-refractivity contribution >= 4 is 11.4 Å². The summed E-state index contributed by atoms with van der Waals surface area (Å²) in [6.45, 7) is 1.13. The van der Waals surface area contributed by atoms with Crippen LogP contribution in [0, 0.1) is 16.0 Å². The quantitative estimate of drug-likeness (QED) is 0.664. The summed E-state index contributed by atoms with van der Waals surface area (Å²) in [4.78, 5) is 12.6. The number of fused-ring (bicyclic) bond motifs is 2. The number of non-ortho nitro benzene ring substituents is 1. The summed E-state index contributed by atoms with van der Waals surface area (Å²) >= 11 is 0. The topological polar surface area (TPSA) is 72.4 Å². The van der Waals surface area contributed by atoms with E-state index in [2.05, 4.69) is 4.90 Å². The molecule has 1 heterocycles. The molecule has 3 aliphatic rings. The first-order chi connectivity index (χ1) is 11.1. The number of anilines is 1. The maximum Gasteiger partial charge on any atom is 0.269 e. The second-order valence-corrected chi connectivity index (χ2v) is 7.16. The molecule has 2 aliphatic carbocycles. The first-order valence-corrected chi connectivity index (χ1v) is 8.90. The van der Waals surface area contributed by atoms with Crippen molar-refractivity contribution in [2.75, 3.05) is 11.4 Å². The van der Waals surface area contributed by atoms with E-state index in [1.54, 1.807) is 12.1 Å². The lowest BCUT2D eigenvalue weighted by Gasteiger charge is -2.28. The van der Waals surface area contributed by atoms with Crippen LogP contribution in [0.5, 0.6) is 0 Å². The van der Waals surface area contributed by atoms with Crippen LogP contribution in [0.2, 0.25) is 0 Å². The van der Waals surface area contributed by atoms with Gasteiger partial charge in [0, 0.05) is 36.4 Å². The first kappa shape index (κ1) is 16.2. The lowest BCUT2D eigenvalue weighted by atomic mass is 9.97. The van der Waals surface area contributed by atoms with Crippen molar-refractivity contribution < 1.29 is 4.92 Å². The molecular formula is C18H27N3O2. The van der Waals surface area contributed by atoms with Crippen LogP contribution < -0.4 is 10.6 Å². The SMILES string of the molecule is NC1CCCCC1.O=[N+]([O-])c1ccc(N2CC3CCC2C3)cc1. The molecule has 5 heteroatoms. The summed E-state index contributed by atoms with van der Waals surface area (Å²) in [5.41, 5.74) is 6.95. The van der Waals surface area contributed by atoms with Crippen LogP contribution in [0.25, 0.3) is 0 Å². The molecule has 1 aromatic rings. The molecule has 1 aliphatic heterocycles. The van der Waals surface area contributed by atoms with Gasteiger partial charge in [0.15, 0.2) is 0 Å². The van der Waals surface area contributed by atoms with E-state index in [1.165, 1.54) is 51.4 Å². The molecule has 0 amide bonds. The third-order valence-electron chi connectivity index (χ3n) is 5.45. The standard InChI is InChI=1S/C12H14N2O2.C6H13N/c15-14(16)11-5-3-10(4-6-11)13-8-9-1-2-12(13)7-9;7-6-4-2-1-3-5-6/h3-6,9,12H,1-2,7-8H2;6H,1-5,7H2. The number of nitro groups is 1. The predicted molar refractivity (Wildman–Crippen MR) is 92.6 cm³/mol. The highest BCUT2D eigenvalue weighted by molar-refractivity contribution is 5.53. The minimum Gasteiger partial charge on any atom is -0.368 e. The van der Waals surface area contributed by atoms with Gasteiger partial charge in [-0.2, -0.15) is 0 Å². The molecule has 3 fully saturated rings. The van der Waals surface area contributed by atoms with Crippen molar-refractivity contribution in [3.8, 4) is 0 Å². The molecule has 2 saturated carbocycles. The van der Waals surface area contributed by atoms with Crippen LogP contribution in [0.3, 0.4) is 0 Å². The van der Waals surface area contributed by atoms with Gasteiger partial charge in [-0.15, -0.1) is 0 Å². The van der Waals surface area contributed by atoms with Crippen LogP contribution in [-0.4, -0.2) is 23.6 Å². The van der Waals surface area contributed by atoms with Crippen molar-refractivity contribution in [1.29, 1.82) is 0 Å². The number of hydrogen-bond donors (Lipinski definition) is 1. The van der Waals surface area contributed by atoms with Crippen molar-refractivity contribution in [1.82, 2.24) is 0 Å². The van der Waals surface area contributed by atoms with E-state index in [9.17, 15) is 10.1 Å². The first-order valence-electron chi connectivity index (χ1n) is 8.90. The van der Waals surface area contributed by atoms with E-state index in [0.29, 0.717) is 12.1 Å². The normalized spacial score (nSPS) is 26.7. The maximum absolute atomic E-state index is 10.6. The molecule has 4 rings (SSSR count). The van der Waals surface area contributed by atoms with E-state index >= 15 is 0 Å². The van der Waals surface area contributed by atoms with Gasteiger partial charge < -0.3 is 10.6 Å². The summed E-state index contributed by atoms with van der Waals surface area (Å²) in [5, 5.41) is 10.6. The van der Waals surface area contributed by atoms with Gasteiger partial charge in [0.25, 0.3) is 5.69 Å². The van der Waals surface area contributed by atoms with Crippen molar-refractivity contribution in [2.24, 2.45) is 11.7 Å². The van der Waals surface area contributed by atoms with E-state index in [1.807, 2.05) is 12.1 Å². The minimum absolute atomic E-state index is 0.174. The maximum atomic E-state index is 10.6. The number of hydrogen-bond acceptors (Lipinski definition) is 4. The Hall–Kier alpha value is -1.62. The van der Waals surface area contributed by atoms with E-state index < -0.39 is 0 Å². The van der Waals surface area contributed by atoms with Crippen LogP contribution in [-0.2, 0) is 0 Å². The summed E-state index contributed by atoms with van der Waals surface area (Å²) in [5.74, 6) is 0.847. The number of nitrogens with two attached hydrogens (primary N) is 1. The van der Waals surface area contributed by atoms with Gasteiger partial charge in [-0.05, 0) is 50.2 Å². The van der Waals surface area contributed by atoms with Crippen LogP contribution >= 0.6 is 0 Å². The number of piperidine rings is 1. The molecule has 2 unspecified atom stereocenters. The smallest absolute Gasteiger partial charge is 0.269 e. The second-order valence-electron chi connectivity index (χ2n) is 7.16. The summed E-state index contributed by atoms with van der Waals surface area (Å²) < 4.78 is 0. The molecule has 23 heavy (non-hydrogen) atoms. The zero-order valence-electron chi connectivity index (χ0n) is 13.7. The van der Waals surface area contributed by atoms with E-state index in [4.69, 9.17) is 5.73 Å². The zero-order valence-corrected chi connectivity index (χ0v) is 13.7. The fourth-order valence-corrected chi connectivity index (χ4v) is 4.14. The van der Waals surface area contributed by atoms with E-state index in [0.717, 1.165) is 18.2 Å². The highest BCUT2D eigenvalue weighted by Gasteiger charge is 2.37. The molecule has 0 spiro atoms. The molecular weight excluding hydrogens is 290 g/mol. The largest absolute Gasteiger partial charge is 0.368 e. The summed E-state index contributed by atoms with van der Waals surface area (Å²) in [6, 6.07) is 8.15. The molecule has 0 radical (unpaired) electrons. The second kappa shape index (κ2) is 7.30. The molecule has 1 saturated heterocycles. The number of nitro benzene ring substituents is 1. The Morgan fingerprint density at radius 3 is 2.17 bits per heavy atom. The van der Waals surface area contributed by atoms with Gasteiger partial charge in [-0.25, -0.2) is 0 Å². The van der Waals surface area contributed by atoms with Gasteiger partial charge >= 0.3 is 0 Å². The Labute approximate surface area is 138 Å². The Balaban J connectivity index is 0.000000188. The molecule has 5 nitrogen and oxygen atoms in total. The molecule has 0 aromatic heterocycles. The fourth-order valence-electron chi connectivity index (χ4n) is 4.14. The Kier molecular flexibility index (Phi) is 5.16. The lowest BCUT2D eigenvalue weighted by Crippen LogP contribution is -2.31. The number of rotatable bonds is 2. The van der Waals surface area contributed by atoms with Gasteiger partial charge in [0.2, 0.25) is 0 Å². The van der Waals surface area contributed by atoms with Gasteiger partial charge in [-0.1, -0.05) is 19.3 Å². The summed E-state index contributed by atoms with van der Waals surface area (Å²) in [7, 11) is 0. The van der Waals surface area contributed by atoms with Gasteiger partial charge in [-0.3, -0.25) is 10.1 Å². The average molecular weight is 317 g/mol. The summed E-state index contributed by atoms with van der Waals surface area (Å²) in [6.07, 6.45) is 10.6. The van der Waals surface area contributed by atoms with Gasteiger partial charge in [0.05, 0.1) is 4.92 Å². The van der Waals surface area contributed by atoms with Crippen molar-refractivity contribution in [2.45, 2.75) is 63.5 Å². The highest BCUT2D eigenvalue weighted by atomic mass is 16.6. The van der Waals surface area contributed by atoms with Crippen molar-refractivity contribution in [3.05, 3.63) is 34.4 Å². The number of benzene rings is 1. The third-order valence-corrected chi connectivity index (χ3v) is 5.45. The van der Waals surface area contributed by atoms with Crippen LogP contribution in [0.15, 0.2) is 24.3 Å². The zero-order chi connectivity index (χ0) is 16.2. The Bertz CT molecular complexity index is 526. The molecule has 2 bridgehead atoms. The molecule has 2 atom stereocenters. The average Bonchev–Trinajstić information content (AvgIpc) is 3.19. The minimum atomic E-state index is -0.347. The number of nitrogens with zero attached hydrogens (tertiary/aromatic N) is 2. The van der Waals surface area contributed by atoms with E-state index in [-0.39, 0.29) is 10.6 Å². The van der Waals surface area contributed by atoms with Gasteiger partial charge in [0.1, 0.15) is 0 Å². The van der Waals surface area contributed by atoms with Crippen molar-refractivity contribution in [3.63, 3.8) is 0 Å². The lowest BCUT2D eigenvalue weighted by molar-refractivity contribution is -0.384.